The Balaban J connectivity index is 2.16. The average molecular weight is 326 g/mol. The van der Waals surface area contributed by atoms with Crippen LogP contribution in [0.3, 0.4) is 0 Å². The molecule has 23 heavy (non-hydrogen) atoms. The molecule has 3 N–H and O–H groups in total. The molecule has 0 aliphatic carbocycles. The molecule has 0 heterocycles. The summed E-state index contributed by atoms with van der Waals surface area (Å²) < 4.78 is 56.2. The zero-order valence-electron chi connectivity index (χ0n) is 11.8. The second-order valence-corrected chi connectivity index (χ2v) is 4.88. The Morgan fingerprint density at radius 1 is 0.870 bits per heavy atom. The second-order valence-electron chi connectivity index (χ2n) is 4.88. The summed E-state index contributed by atoms with van der Waals surface area (Å²) >= 11 is 0. The standard InChI is InChI=1S/C16H14F4N2O/c17-15(18,11-7-3-1-4-8-11)13(21)22-14(23)16(19,20)12-9-5-2-6-10-12/h1-10,13H,21H2,(H,22,23). The minimum Gasteiger partial charge on any atom is -0.330 e. The number of carbonyl (C=O) groups excluding carboxylic acids is 1. The van der Waals surface area contributed by atoms with Gasteiger partial charge in [0.15, 0.2) is 0 Å². The molecule has 1 unspecified atom stereocenters. The molecule has 2 rings (SSSR count). The summed E-state index contributed by atoms with van der Waals surface area (Å²) in [6, 6.07) is 12.6. The number of alkyl halides is 4. The van der Waals surface area contributed by atoms with E-state index in [1.807, 2.05) is 0 Å². The van der Waals surface area contributed by atoms with Gasteiger partial charge < -0.3 is 11.1 Å². The van der Waals surface area contributed by atoms with E-state index in [2.05, 4.69) is 0 Å². The van der Waals surface area contributed by atoms with Crippen molar-refractivity contribution in [2.75, 3.05) is 0 Å². The quantitative estimate of drug-likeness (QED) is 0.656. The highest BCUT2D eigenvalue weighted by Crippen LogP contribution is 2.32. The van der Waals surface area contributed by atoms with Crippen molar-refractivity contribution in [3.8, 4) is 0 Å². The average Bonchev–Trinajstić information content (AvgIpc) is 2.56. The van der Waals surface area contributed by atoms with E-state index in [9.17, 15) is 22.4 Å². The molecule has 122 valence electrons. The van der Waals surface area contributed by atoms with Crippen LogP contribution in [0.1, 0.15) is 11.1 Å². The zero-order chi connectivity index (χ0) is 17.1. The summed E-state index contributed by atoms with van der Waals surface area (Å²) in [6.45, 7) is 0. The largest absolute Gasteiger partial charge is 0.349 e. The molecule has 1 amide bonds. The predicted octanol–water partition coefficient (Wildman–Crippen LogP) is 2.97. The third-order valence-corrected chi connectivity index (χ3v) is 3.26. The topological polar surface area (TPSA) is 55.1 Å². The van der Waals surface area contributed by atoms with E-state index in [0.717, 1.165) is 24.3 Å². The fourth-order valence-electron chi connectivity index (χ4n) is 1.94. The van der Waals surface area contributed by atoms with Gasteiger partial charge in [0.2, 0.25) is 0 Å². The number of rotatable bonds is 5. The Kier molecular flexibility index (Phi) is 4.70. The van der Waals surface area contributed by atoms with Crippen LogP contribution in [-0.4, -0.2) is 12.1 Å². The van der Waals surface area contributed by atoms with Gasteiger partial charge >= 0.3 is 11.8 Å². The smallest absolute Gasteiger partial charge is 0.330 e. The van der Waals surface area contributed by atoms with Crippen LogP contribution in [0.2, 0.25) is 0 Å². The number of amides is 1. The van der Waals surface area contributed by atoms with Gasteiger partial charge in [-0.05, 0) is 0 Å². The lowest BCUT2D eigenvalue weighted by molar-refractivity contribution is -0.151. The zero-order valence-corrected chi connectivity index (χ0v) is 11.8. The van der Waals surface area contributed by atoms with E-state index in [-0.39, 0.29) is 0 Å². The molecule has 7 heteroatoms. The van der Waals surface area contributed by atoms with Crippen molar-refractivity contribution < 1.29 is 22.4 Å². The fraction of sp³-hybridized carbons (Fsp3) is 0.188. The van der Waals surface area contributed by atoms with E-state index >= 15 is 0 Å². The molecule has 3 nitrogen and oxygen atoms in total. The molecule has 0 aliphatic heterocycles. The van der Waals surface area contributed by atoms with E-state index < -0.39 is 35.0 Å². The van der Waals surface area contributed by atoms with Gasteiger partial charge in [0.25, 0.3) is 5.91 Å². The first-order valence-corrected chi connectivity index (χ1v) is 6.69. The van der Waals surface area contributed by atoms with Gasteiger partial charge in [-0.1, -0.05) is 60.7 Å². The lowest BCUT2D eigenvalue weighted by atomic mass is 10.0. The van der Waals surface area contributed by atoms with Crippen LogP contribution in [0.5, 0.6) is 0 Å². The van der Waals surface area contributed by atoms with Crippen LogP contribution in [0, 0.1) is 0 Å². The van der Waals surface area contributed by atoms with E-state index in [4.69, 9.17) is 5.73 Å². The predicted molar refractivity (Wildman–Crippen MR) is 76.8 cm³/mol. The number of halogens is 4. The van der Waals surface area contributed by atoms with Crippen LogP contribution in [0.4, 0.5) is 17.6 Å². The van der Waals surface area contributed by atoms with Crippen LogP contribution in [-0.2, 0) is 16.6 Å². The highest BCUT2D eigenvalue weighted by Gasteiger charge is 2.46. The van der Waals surface area contributed by atoms with Gasteiger partial charge in [-0.25, -0.2) is 0 Å². The van der Waals surface area contributed by atoms with Crippen molar-refractivity contribution in [2.45, 2.75) is 18.0 Å². The van der Waals surface area contributed by atoms with E-state index in [0.29, 0.717) is 0 Å². The first-order valence-electron chi connectivity index (χ1n) is 6.69. The number of carbonyl (C=O) groups is 1. The Morgan fingerprint density at radius 2 is 1.30 bits per heavy atom. The number of benzene rings is 2. The minimum absolute atomic E-state index is 0.476. The van der Waals surface area contributed by atoms with Crippen LogP contribution < -0.4 is 11.1 Å². The van der Waals surface area contributed by atoms with Crippen molar-refractivity contribution in [3.63, 3.8) is 0 Å². The molecule has 2 aromatic rings. The Morgan fingerprint density at radius 3 is 1.78 bits per heavy atom. The molecule has 1 atom stereocenters. The number of nitrogens with one attached hydrogen (secondary N) is 1. The van der Waals surface area contributed by atoms with Gasteiger partial charge in [0, 0.05) is 11.1 Å². The van der Waals surface area contributed by atoms with Gasteiger partial charge in [0.1, 0.15) is 6.17 Å². The summed E-state index contributed by atoms with van der Waals surface area (Å²) in [6.07, 6.45) is -2.29. The lowest BCUT2D eigenvalue weighted by Crippen LogP contribution is -2.55. The minimum atomic E-state index is -3.97. The van der Waals surface area contributed by atoms with Crippen molar-refractivity contribution in [1.82, 2.24) is 5.32 Å². The third kappa shape index (κ3) is 3.50. The molecular weight excluding hydrogens is 312 g/mol. The van der Waals surface area contributed by atoms with Gasteiger partial charge in [-0.3, -0.25) is 4.79 Å². The summed E-state index contributed by atoms with van der Waals surface area (Å²) in [7, 11) is 0. The summed E-state index contributed by atoms with van der Waals surface area (Å²) in [5.74, 6) is -9.54. The maximum absolute atomic E-state index is 14.1. The summed E-state index contributed by atoms with van der Waals surface area (Å²) in [4.78, 5) is 11.7. The second kappa shape index (κ2) is 6.37. The van der Waals surface area contributed by atoms with Crippen LogP contribution in [0.25, 0.3) is 0 Å². The molecule has 0 aliphatic rings. The van der Waals surface area contributed by atoms with Gasteiger partial charge in [0.05, 0.1) is 0 Å². The van der Waals surface area contributed by atoms with Crippen molar-refractivity contribution in [2.24, 2.45) is 5.73 Å². The molecule has 0 spiro atoms. The summed E-state index contributed by atoms with van der Waals surface area (Å²) in [5, 5.41) is 1.50. The Bertz CT molecular complexity index is 662. The van der Waals surface area contributed by atoms with Crippen molar-refractivity contribution in [1.29, 1.82) is 0 Å². The summed E-state index contributed by atoms with van der Waals surface area (Å²) in [5.41, 5.74) is 4.16. The van der Waals surface area contributed by atoms with Crippen molar-refractivity contribution in [3.05, 3.63) is 71.8 Å². The number of nitrogens with two attached hydrogens (primary N) is 1. The molecule has 2 aromatic carbocycles. The number of hydrogen-bond acceptors (Lipinski definition) is 2. The first kappa shape index (κ1) is 17.0. The van der Waals surface area contributed by atoms with Gasteiger partial charge in [-0.2, -0.15) is 17.6 Å². The normalized spacial score (nSPS) is 13.4. The molecule has 0 fully saturated rings. The van der Waals surface area contributed by atoms with E-state index in [1.54, 1.807) is 0 Å². The number of hydrogen-bond donors (Lipinski definition) is 2. The van der Waals surface area contributed by atoms with Crippen molar-refractivity contribution >= 4 is 5.91 Å². The SMILES string of the molecule is NC(NC(=O)C(F)(F)c1ccccc1)C(F)(F)c1ccccc1. The molecule has 0 aromatic heterocycles. The molecule has 0 saturated carbocycles. The van der Waals surface area contributed by atoms with Gasteiger partial charge in [-0.15, -0.1) is 0 Å². The Hall–Kier alpha value is -2.41. The third-order valence-electron chi connectivity index (χ3n) is 3.26. The maximum atomic E-state index is 14.1. The van der Waals surface area contributed by atoms with Crippen LogP contribution in [0.15, 0.2) is 60.7 Å². The fourth-order valence-corrected chi connectivity index (χ4v) is 1.94. The highest BCUT2D eigenvalue weighted by molar-refractivity contribution is 5.85. The highest BCUT2D eigenvalue weighted by atomic mass is 19.3. The van der Waals surface area contributed by atoms with Crippen LogP contribution >= 0.6 is 0 Å². The molecule has 0 saturated heterocycles. The molecule has 0 radical (unpaired) electrons. The first-order chi connectivity index (χ1) is 10.8. The molecule has 0 bridgehead atoms. The maximum Gasteiger partial charge on any atom is 0.349 e. The van der Waals surface area contributed by atoms with E-state index in [1.165, 1.54) is 41.7 Å². The lowest BCUT2D eigenvalue weighted by Gasteiger charge is -2.26. The molecular formula is C16H14F4N2O. The Labute approximate surface area is 130 Å². The monoisotopic (exact) mass is 326 g/mol.